The first-order valence-electron chi connectivity index (χ1n) is 13.0. The maximum Gasteiger partial charge on any atom is 0.235 e. The van der Waals surface area contributed by atoms with E-state index in [2.05, 4.69) is 10.6 Å². The number of para-hydroxylation sites is 1. The number of nitrogens with one attached hydrogen (secondary N) is 2. The fourth-order valence-electron chi connectivity index (χ4n) is 6.65. The van der Waals surface area contributed by atoms with E-state index in [-0.39, 0.29) is 24.3 Å². The molecule has 10 nitrogen and oxygen atoms in total. The van der Waals surface area contributed by atoms with E-state index in [0.29, 0.717) is 36.2 Å². The van der Waals surface area contributed by atoms with Crippen molar-refractivity contribution >= 4 is 34.7 Å². The molecule has 0 radical (unpaired) electrons. The number of fused-ring (bicyclic) bond motifs is 3. The van der Waals surface area contributed by atoms with E-state index in [1.807, 2.05) is 24.3 Å². The van der Waals surface area contributed by atoms with Crippen molar-refractivity contribution in [1.82, 2.24) is 5.32 Å². The summed E-state index contributed by atoms with van der Waals surface area (Å²) in [6.45, 7) is 0.699. The highest BCUT2D eigenvalue weighted by atomic mass is 16.5. The van der Waals surface area contributed by atoms with Crippen LogP contribution in [0.3, 0.4) is 0 Å². The molecule has 1 amide bonds. The molecule has 204 valence electrons. The fraction of sp³-hybridized carbons (Fsp3) is 0.414. The van der Waals surface area contributed by atoms with Crippen LogP contribution in [-0.4, -0.2) is 48.3 Å². The monoisotopic (exact) mass is 533 g/mol. The Morgan fingerprint density at radius 1 is 1.03 bits per heavy atom. The molecule has 5 unspecified atom stereocenters. The van der Waals surface area contributed by atoms with E-state index in [1.165, 1.54) is 0 Å². The van der Waals surface area contributed by atoms with Gasteiger partial charge in [-0.1, -0.05) is 18.2 Å². The maximum atomic E-state index is 13.8. The number of nitrogens with two attached hydrogens (primary N) is 1. The summed E-state index contributed by atoms with van der Waals surface area (Å²) >= 11 is 0. The molecule has 5 atom stereocenters. The van der Waals surface area contributed by atoms with E-state index >= 15 is 0 Å². The number of methoxy groups -OCH3 is 1. The number of ether oxygens (including phenoxy) is 1. The minimum absolute atomic E-state index is 0.0785. The van der Waals surface area contributed by atoms with Crippen LogP contribution in [0.2, 0.25) is 0 Å². The van der Waals surface area contributed by atoms with Gasteiger partial charge in [0.05, 0.1) is 24.5 Å². The third kappa shape index (κ3) is 4.38. The van der Waals surface area contributed by atoms with Crippen LogP contribution in [0.4, 0.5) is 5.69 Å². The highest BCUT2D eigenvalue weighted by Gasteiger charge is 2.57. The highest BCUT2D eigenvalue weighted by molar-refractivity contribution is 6.27. The minimum atomic E-state index is -1.65. The lowest BCUT2D eigenvalue weighted by Gasteiger charge is -2.44. The number of phenols is 1. The molecule has 5 rings (SSSR count). The van der Waals surface area contributed by atoms with Crippen molar-refractivity contribution in [2.45, 2.75) is 32.4 Å². The number of carbonyl (C=O) groups excluding carboxylic acids is 5. The van der Waals surface area contributed by atoms with E-state index in [9.17, 15) is 29.1 Å². The summed E-state index contributed by atoms with van der Waals surface area (Å²) in [4.78, 5) is 64.7. The number of ketones is 4. The smallest absolute Gasteiger partial charge is 0.235 e. The molecule has 3 aliphatic rings. The van der Waals surface area contributed by atoms with Crippen LogP contribution in [0.1, 0.15) is 39.9 Å². The molecule has 0 spiro atoms. The lowest BCUT2D eigenvalue weighted by atomic mass is 9.56. The predicted octanol–water partition coefficient (Wildman–Crippen LogP) is 1.55. The molecule has 39 heavy (non-hydrogen) atoms. The Labute approximate surface area is 225 Å². The Balaban J connectivity index is 1.44. The molecular weight excluding hydrogens is 502 g/mol. The molecule has 3 aliphatic carbocycles. The second kappa shape index (κ2) is 10.3. The number of hydrogen-bond donors (Lipinski definition) is 4. The van der Waals surface area contributed by atoms with Crippen LogP contribution in [0.15, 0.2) is 30.3 Å². The highest BCUT2D eigenvalue weighted by Crippen LogP contribution is 2.49. The molecule has 0 saturated heterocycles. The summed E-state index contributed by atoms with van der Waals surface area (Å²) in [5.41, 5.74) is 8.06. The first kappa shape index (κ1) is 26.6. The number of primary amides is 1. The average Bonchev–Trinajstić information content (AvgIpc) is 2.89. The third-order valence-electron chi connectivity index (χ3n) is 8.40. The van der Waals surface area contributed by atoms with Crippen molar-refractivity contribution in [1.29, 1.82) is 0 Å². The van der Waals surface area contributed by atoms with Crippen LogP contribution in [0.5, 0.6) is 11.5 Å². The van der Waals surface area contributed by atoms with Gasteiger partial charge in [0.1, 0.15) is 11.5 Å². The Hall–Kier alpha value is -4.05. The summed E-state index contributed by atoms with van der Waals surface area (Å²) in [5, 5.41) is 17.6. The van der Waals surface area contributed by atoms with Crippen molar-refractivity contribution in [2.24, 2.45) is 35.3 Å². The van der Waals surface area contributed by atoms with E-state index in [0.717, 1.165) is 11.3 Å². The number of carbonyl (C=O) groups is 5. The Morgan fingerprint density at radius 3 is 2.41 bits per heavy atom. The number of Topliss-reactive ketones (excluding diaryl/α,β-unsaturated/α-hetero) is 4. The minimum Gasteiger partial charge on any atom is -0.507 e. The molecule has 0 aliphatic heterocycles. The second-order valence-electron chi connectivity index (χ2n) is 10.5. The van der Waals surface area contributed by atoms with Gasteiger partial charge in [0, 0.05) is 43.4 Å². The van der Waals surface area contributed by atoms with Gasteiger partial charge in [-0.05, 0) is 42.4 Å². The quantitative estimate of drug-likeness (QED) is 0.305. The third-order valence-corrected chi connectivity index (χ3v) is 8.40. The number of benzene rings is 2. The summed E-state index contributed by atoms with van der Waals surface area (Å²) in [6.07, 6.45) is 0.559. The van der Waals surface area contributed by atoms with E-state index in [1.54, 1.807) is 20.2 Å². The van der Waals surface area contributed by atoms with Gasteiger partial charge in [0.15, 0.2) is 29.1 Å². The Bertz CT molecular complexity index is 1400. The van der Waals surface area contributed by atoms with Crippen LogP contribution in [0, 0.1) is 29.6 Å². The number of phenolic OH excluding ortho intramolecular Hbond substituents is 1. The lowest BCUT2D eigenvalue weighted by Crippen LogP contribution is -2.56. The molecule has 2 saturated carbocycles. The van der Waals surface area contributed by atoms with E-state index < -0.39 is 58.6 Å². The van der Waals surface area contributed by atoms with Crippen LogP contribution in [-0.2, 0) is 38.7 Å². The molecule has 2 aromatic rings. The number of amides is 1. The maximum absolute atomic E-state index is 13.8. The van der Waals surface area contributed by atoms with Crippen LogP contribution in [0.25, 0.3) is 0 Å². The number of aromatic hydroxyl groups is 1. The Kier molecular flexibility index (Phi) is 6.98. The van der Waals surface area contributed by atoms with E-state index in [4.69, 9.17) is 10.5 Å². The molecule has 0 bridgehead atoms. The fourth-order valence-corrected chi connectivity index (χ4v) is 6.65. The largest absolute Gasteiger partial charge is 0.507 e. The van der Waals surface area contributed by atoms with Gasteiger partial charge in [0.2, 0.25) is 5.91 Å². The van der Waals surface area contributed by atoms with Crippen LogP contribution >= 0.6 is 0 Å². The van der Waals surface area contributed by atoms with Gasteiger partial charge in [0.25, 0.3) is 0 Å². The van der Waals surface area contributed by atoms with Crippen molar-refractivity contribution < 1.29 is 33.8 Å². The summed E-state index contributed by atoms with van der Waals surface area (Å²) in [5.74, 6) is -8.01. The van der Waals surface area contributed by atoms with Gasteiger partial charge in [-0.2, -0.15) is 0 Å². The number of rotatable bonds is 7. The lowest BCUT2D eigenvalue weighted by molar-refractivity contribution is -0.152. The van der Waals surface area contributed by atoms with Gasteiger partial charge in [-0.25, -0.2) is 0 Å². The summed E-state index contributed by atoms with van der Waals surface area (Å²) in [7, 11) is 3.31. The normalized spacial score (nSPS) is 25.9. The molecule has 2 aromatic carbocycles. The first-order valence-corrected chi connectivity index (χ1v) is 13.0. The Morgan fingerprint density at radius 2 is 1.72 bits per heavy atom. The van der Waals surface area contributed by atoms with Crippen molar-refractivity contribution in [2.75, 3.05) is 19.5 Å². The molecular formula is C29H31N3O7. The zero-order valence-corrected chi connectivity index (χ0v) is 21.8. The van der Waals surface area contributed by atoms with Gasteiger partial charge in [-0.3, -0.25) is 24.0 Å². The number of hydrogen-bond acceptors (Lipinski definition) is 9. The molecule has 0 heterocycles. The van der Waals surface area contributed by atoms with Gasteiger partial charge < -0.3 is 26.2 Å². The second-order valence-corrected chi connectivity index (χ2v) is 10.5. The SMILES string of the molecule is CNc1cc(CNCc2ccccc2OC)c(O)c2c1CC1CC3CC(=O)C(C(N)=O)C(=O)C3C(=O)C1C2=O. The molecule has 2 fully saturated rings. The van der Waals surface area contributed by atoms with Crippen molar-refractivity contribution in [3.63, 3.8) is 0 Å². The molecule has 0 aromatic heterocycles. The topological polar surface area (TPSA) is 165 Å². The summed E-state index contributed by atoms with van der Waals surface area (Å²) < 4.78 is 5.38. The van der Waals surface area contributed by atoms with Crippen LogP contribution < -0.4 is 21.1 Å². The zero-order valence-electron chi connectivity index (χ0n) is 21.8. The summed E-state index contributed by atoms with van der Waals surface area (Å²) in [6, 6.07) is 9.33. The first-order chi connectivity index (χ1) is 18.7. The zero-order chi connectivity index (χ0) is 28.0. The van der Waals surface area contributed by atoms with Gasteiger partial charge in [-0.15, -0.1) is 0 Å². The standard InChI is InChI=1S/C29H31N3O7/c1-31-18-9-16(12-32-11-13-5-3-4-6-20(13)39-2)25(34)23-17(18)8-14-7-15-10-19(33)24(29(30)38)28(37)22(15)26(35)21(14)27(23)36/h3-6,9,14-15,21-22,24,31-32,34H,7-8,10-12H2,1-2H3,(H2,30,38). The van der Waals surface area contributed by atoms with Gasteiger partial charge >= 0.3 is 0 Å². The molecule has 10 heteroatoms. The average molecular weight is 534 g/mol. The molecule has 5 N–H and O–H groups in total. The predicted molar refractivity (Wildman–Crippen MR) is 140 cm³/mol. The van der Waals surface area contributed by atoms with Crippen molar-refractivity contribution in [3.05, 3.63) is 52.6 Å². The van der Waals surface area contributed by atoms with Crippen molar-refractivity contribution in [3.8, 4) is 11.5 Å². The number of anilines is 1.